The van der Waals surface area contributed by atoms with Crippen LogP contribution in [0.1, 0.15) is 27.9 Å². The molecule has 9 heteroatoms. The van der Waals surface area contributed by atoms with E-state index in [4.69, 9.17) is 10.5 Å². The Morgan fingerprint density at radius 1 is 1.33 bits per heavy atom. The molecular weight excluding hydrogens is 278 g/mol. The Kier molecular flexibility index (Phi) is 4.12. The minimum Gasteiger partial charge on any atom is -0.463 e. The van der Waals surface area contributed by atoms with Crippen molar-refractivity contribution < 1.29 is 19.1 Å². The number of esters is 2. The molecule has 2 heterocycles. The van der Waals surface area contributed by atoms with Crippen LogP contribution in [-0.4, -0.2) is 45.4 Å². The predicted molar refractivity (Wildman–Crippen MR) is 70.9 cm³/mol. The largest absolute Gasteiger partial charge is 0.463 e. The molecule has 0 unspecified atom stereocenters. The quantitative estimate of drug-likeness (QED) is 0.793. The van der Waals surface area contributed by atoms with Gasteiger partial charge in [-0.05, 0) is 13.0 Å². The highest BCUT2D eigenvalue weighted by Crippen LogP contribution is 2.19. The first-order chi connectivity index (χ1) is 10.1. The molecule has 0 saturated heterocycles. The van der Waals surface area contributed by atoms with Gasteiger partial charge in [-0.2, -0.15) is 4.68 Å². The van der Waals surface area contributed by atoms with E-state index in [2.05, 4.69) is 19.8 Å². The second-order valence-corrected chi connectivity index (χ2v) is 3.82. The molecular formula is C12H13N5O4. The Morgan fingerprint density at radius 2 is 2.10 bits per heavy atom. The Labute approximate surface area is 119 Å². The zero-order valence-corrected chi connectivity index (χ0v) is 11.4. The number of methoxy groups -OCH3 is 1. The first-order valence-corrected chi connectivity index (χ1v) is 6.00. The van der Waals surface area contributed by atoms with Crippen LogP contribution in [-0.2, 0) is 9.47 Å². The number of nitrogens with two attached hydrogens (primary N) is 1. The molecule has 0 aromatic carbocycles. The highest BCUT2D eigenvalue weighted by Gasteiger charge is 2.18. The van der Waals surface area contributed by atoms with E-state index in [1.165, 1.54) is 30.4 Å². The van der Waals surface area contributed by atoms with Crippen molar-refractivity contribution in [3.8, 4) is 5.82 Å². The van der Waals surface area contributed by atoms with Crippen molar-refractivity contribution in [2.75, 3.05) is 19.5 Å². The van der Waals surface area contributed by atoms with Gasteiger partial charge in [0.25, 0.3) is 5.82 Å². The van der Waals surface area contributed by atoms with Gasteiger partial charge in [-0.25, -0.2) is 19.6 Å². The van der Waals surface area contributed by atoms with Crippen molar-refractivity contribution in [1.82, 2.24) is 19.7 Å². The van der Waals surface area contributed by atoms with Crippen molar-refractivity contribution in [1.29, 1.82) is 0 Å². The summed E-state index contributed by atoms with van der Waals surface area (Å²) in [6.45, 7) is 1.92. The van der Waals surface area contributed by atoms with Gasteiger partial charge in [0.1, 0.15) is 6.33 Å². The number of carbonyl (C=O) groups excluding carboxylic acids is 2. The number of aromatic nitrogens is 4. The van der Waals surface area contributed by atoms with Crippen LogP contribution in [0.25, 0.3) is 5.82 Å². The molecule has 0 aliphatic rings. The summed E-state index contributed by atoms with van der Waals surface area (Å²) >= 11 is 0. The van der Waals surface area contributed by atoms with Crippen molar-refractivity contribution in [3.63, 3.8) is 0 Å². The zero-order chi connectivity index (χ0) is 15.4. The number of ether oxygens (including phenoxy) is 2. The van der Waals surface area contributed by atoms with E-state index in [0.29, 0.717) is 0 Å². The van der Waals surface area contributed by atoms with Crippen LogP contribution < -0.4 is 5.73 Å². The molecule has 0 aliphatic heterocycles. The summed E-state index contributed by atoms with van der Waals surface area (Å²) in [5.41, 5.74) is 6.14. The minimum atomic E-state index is -0.686. The van der Waals surface area contributed by atoms with Crippen LogP contribution >= 0.6 is 0 Å². The van der Waals surface area contributed by atoms with Crippen molar-refractivity contribution >= 4 is 17.6 Å². The second-order valence-electron chi connectivity index (χ2n) is 3.82. The lowest BCUT2D eigenvalue weighted by Crippen LogP contribution is -2.12. The van der Waals surface area contributed by atoms with Crippen LogP contribution in [0.3, 0.4) is 0 Å². The molecule has 2 N–H and O–H groups in total. The van der Waals surface area contributed by atoms with E-state index in [9.17, 15) is 9.59 Å². The number of nitrogen functional groups attached to an aromatic ring is 1. The molecule has 2 rings (SSSR count). The number of carbonyl (C=O) groups is 2. The second kappa shape index (κ2) is 5.99. The lowest BCUT2D eigenvalue weighted by atomic mass is 10.2. The van der Waals surface area contributed by atoms with E-state index >= 15 is 0 Å². The fourth-order valence-electron chi connectivity index (χ4n) is 1.58. The van der Waals surface area contributed by atoms with Crippen molar-refractivity contribution in [3.05, 3.63) is 30.0 Å². The molecule has 0 radical (unpaired) electrons. The number of anilines is 1. The molecule has 2 aromatic rings. The maximum atomic E-state index is 11.8. The first kappa shape index (κ1) is 14.4. The summed E-state index contributed by atoms with van der Waals surface area (Å²) in [6.07, 6.45) is 2.64. The van der Waals surface area contributed by atoms with Crippen LogP contribution in [0.2, 0.25) is 0 Å². The molecule has 0 bridgehead atoms. The first-order valence-electron chi connectivity index (χ1n) is 6.00. The minimum absolute atomic E-state index is 0.0808. The van der Waals surface area contributed by atoms with E-state index in [0.717, 1.165) is 0 Å². The Morgan fingerprint density at radius 3 is 2.76 bits per heavy atom. The number of hydrogen-bond acceptors (Lipinski definition) is 8. The molecule has 2 aromatic heterocycles. The van der Waals surface area contributed by atoms with Gasteiger partial charge >= 0.3 is 11.9 Å². The summed E-state index contributed by atoms with van der Waals surface area (Å²) in [5.74, 6) is -1.22. The van der Waals surface area contributed by atoms with Gasteiger partial charge in [-0.1, -0.05) is 0 Å². The lowest BCUT2D eigenvalue weighted by Gasteiger charge is -2.08. The predicted octanol–water partition coefficient (Wildman–Crippen LogP) is 0.208. The molecule has 9 nitrogen and oxygen atoms in total. The molecule has 0 fully saturated rings. The average molecular weight is 291 g/mol. The summed E-state index contributed by atoms with van der Waals surface area (Å²) in [6, 6.07) is 1.44. The standard InChI is InChI=1S/C12H13N5O4/c1-3-21-11(18)7-4-5-14-10(8(7)13)17-6-15-9(16-17)12(19)20-2/h4-6H,3,13H2,1-2H3. The Bertz CT molecular complexity index is 682. The molecule has 21 heavy (non-hydrogen) atoms. The van der Waals surface area contributed by atoms with Crippen molar-refractivity contribution in [2.45, 2.75) is 6.92 Å². The number of pyridine rings is 1. The van der Waals surface area contributed by atoms with E-state index in [-0.39, 0.29) is 29.5 Å². The fourth-order valence-corrected chi connectivity index (χ4v) is 1.58. The summed E-state index contributed by atoms with van der Waals surface area (Å²) in [4.78, 5) is 30.9. The summed E-state index contributed by atoms with van der Waals surface area (Å²) in [7, 11) is 1.22. The average Bonchev–Trinajstić information content (AvgIpc) is 2.96. The molecule has 0 amide bonds. The van der Waals surface area contributed by atoms with E-state index < -0.39 is 11.9 Å². The Hall–Kier alpha value is -2.97. The van der Waals surface area contributed by atoms with Gasteiger partial charge in [0.15, 0.2) is 5.82 Å². The third kappa shape index (κ3) is 2.81. The topological polar surface area (TPSA) is 122 Å². The SMILES string of the molecule is CCOC(=O)c1ccnc(-n2cnc(C(=O)OC)n2)c1N. The Balaban J connectivity index is 2.41. The maximum Gasteiger partial charge on any atom is 0.377 e. The third-order valence-electron chi connectivity index (χ3n) is 2.54. The number of nitrogens with zero attached hydrogens (tertiary/aromatic N) is 4. The highest BCUT2D eigenvalue weighted by atomic mass is 16.5. The van der Waals surface area contributed by atoms with Crippen LogP contribution in [0.5, 0.6) is 0 Å². The fraction of sp³-hybridized carbons (Fsp3) is 0.250. The third-order valence-corrected chi connectivity index (χ3v) is 2.54. The van der Waals surface area contributed by atoms with Gasteiger partial charge in [0.05, 0.1) is 25.0 Å². The van der Waals surface area contributed by atoms with E-state index in [1.54, 1.807) is 6.92 Å². The summed E-state index contributed by atoms with van der Waals surface area (Å²) in [5, 5.41) is 3.89. The molecule has 0 aliphatic carbocycles. The molecule has 110 valence electrons. The van der Waals surface area contributed by atoms with Gasteiger partial charge in [-0.3, -0.25) is 0 Å². The van der Waals surface area contributed by atoms with Gasteiger partial charge in [0.2, 0.25) is 0 Å². The number of hydrogen-bond donors (Lipinski definition) is 1. The highest BCUT2D eigenvalue weighted by molar-refractivity contribution is 5.96. The van der Waals surface area contributed by atoms with Gasteiger partial charge in [0, 0.05) is 6.20 Å². The van der Waals surface area contributed by atoms with Crippen LogP contribution in [0.4, 0.5) is 5.69 Å². The van der Waals surface area contributed by atoms with Crippen molar-refractivity contribution in [2.24, 2.45) is 0 Å². The molecule has 0 saturated carbocycles. The normalized spacial score (nSPS) is 10.2. The smallest absolute Gasteiger partial charge is 0.377 e. The maximum absolute atomic E-state index is 11.8. The van der Waals surface area contributed by atoms with Gasteiger partial charge < -0.3 is 15.2 Å². The van der Waals surface area contributed by atoms with E-state index in [1.807, 2.05) is 0 Å². The zero-order valence-electron chi connectivity index (χ0n) is 11.4. The monoisotopic (exact) mass is 291 g/mol. The lowest BCUT2D eigenvalue weighted by molar-refractivity contribution is 0.0526. The van der Waals surface area contributed by atoms with Gasteiger partial charge in [-0.15, -0.1) is 5.10 Å². The molecule has 0 spiro atoms. The number of rotatable bonds is 4. The summed E-state index contributed by atoms with van der Waals surface area (Å²) < 4.78 is 10.6. The van der Waals surface area contributed by atoms with Crippen LogP contribution in [0.15, 0.2) is 18.6 Å². The molecule has 0 atom stereocenters. The van der Waals surface area contributed by atoms with Crippen LogP contribution in [0, 0.1) is 0 Å².